The summed E-state index contributed by atoms with van der Waals surface area (Å²) in [6, 6.07) is 4.04. The lowest BCUT2D eigenvalue weighted by molar-refractivity contribution is -0.386. The molecule has 0 aromatic heterocycles. The Bertz CT molecular complexity index is 523. The van der Waals surface area contributed by atoms with Crippen LogP contribution in [0.1, 0.15) is 26.7 Å². The predicted molar refractivity (Wildman–Crippen MR) is 73.3 cm³/mol. The van der Waals surface area contributed by atoms with Gasteiger partial charge in [0, 0.05) is 23.9 Å². The van der Waals surface area contributed by atoms with Gasteiger partial charge in [-0.15, -0.1) is 0 Å². The predicted octanol–water partition coefficient (Wildman–Crippen LogP) is 2.89. The molecule has 110 valence electrons. The van der Waals surface area contributed by atoms with Crippen LogP contribution in [0.25, 0.3) is 0 Å². The maximum atomic E-state index is 13.8. The van der Waals surface area contributed by atoms with Gasteiger partial charge in [-0.3, -0.25) is 10.1 Å². The second-order valence-electron chi connectivity index (χ2n) is 5.39. The number of nitro groups is 1. The van der Waals surface area contributed by atoms with Gasteiger partial charge in [0.25, 0.3) is 0 Å². The number of ether oxygens (including phenoxy) is 1. The summed E-state index contributed by atoms with van der Waals surface area (Å²) in [5.74, 6) is -0.942. The second-order valence-corrected chi connectivity index (χ2v) is 5.39. The second kappa shape index (κ2) is 5.36. The fraction of sp³-hybridized carbons (Fsp3) is 0.571. The number of nitrogens with zero attached hydrogens (tertiary/aromatic N) is 1. The highest BCUT2D eigenvalue weighted by atomic mass is 19.1. The van der Waals surface area contributed by atoms with E-state index in [9.17, 15) is 14.5 Å². The molecule has 3 unspecified atom stereocenters. The normalized spacial score (nSPS) is 28.8. The van der Waals surface area contributed by atoms with E-state index in [0.717, 1.165) is 6.42 Å². The summed E-state index contributed by atoms with van der Waals surface area (Å²) in [4.78, 5) is 10.3. The van der Waals surface area contributed by atoms with Crippen LogP contribution in [0, 0.1) is 21.3 Å². The molecule has 1 aliphatic rings. The van der Waals surface area contributed by atoms with Crippen molar-refractivity contribution >= 4 is 5.69 Å². The van der Waals surface area contributed by atoms with Gasteiger partial charge in [-0.2, -0.15) is 0 Å². The molecule has 0 amide bonds. The number of nitro benzene ring substituents is 1. The van der Waals surface area contributed by atoms with Crippen LogP contribution < -0.4 is 10.1 Å². The largest absolute Gasteiger partial charge is 0.481 e. The number of rotatable bonds is 5. The Morgan fingerprint density at radius 1 is 1.60 bits per heavy atom. The number of hydrogen-bond donors (Lipinski definition) is 1. The van der Waals surface area contributed by atoms with Crippen molar-refractivity contribution in [3.63, 3.8) is 0 Å². The van der Waals surface area contributed by atoms with E-state index in [1.807, 2.05) is 14.0 Å². The third-order valence-electron chi connectivity index (χ3n) is 4.49. The van der Waals surface area contributed by atoms with E-state index < -0.39 is 10.7 Å². The molecule has 1 fully saturated rings. The van der Waals surface area contributed by atoms with Crippen LogP contribution in [0.5, 0.6) is 5.75 Å². The fourth-order valence-corrected chi connectivity index (χ4v) is 2.82. The molecule has 1 saturated carbocycles. The monoisotopic (exact) mass is 282 g/mol. The number of halogens is 1. The molecule has 20 heavy (non-hydrogen) atoms. The first-order valence-electron chi connectivity index (χ1n) is 6.70. The maximum absolute atomic E-state index is 13.8. The maximum Gasteiger partial charge on any atom is 0.314 e. The van der Waals surface area contributed by atoms with Gasteiger partial charge >= 0.3 is 5.69 Å². The van der Waals surface area contributed by atoms with E-state index in [0.29, 0.717) is 6.42 Å². The molecule has 0 aliphatic heterocycles. The van der Waals surface area contributed by atoms with Crippen LogP contribution >= 0.6 is 0 Å². The first-order valence-corrected chi connectivity index (χ1v) is 6.70. The summed E-state index contributed by atoms with van der Waals surface area (Å²) in [6.45, 7) is 4.09. The molecule has 1 N–H and O–H groups in total. The Morgan fingerprint density at radius 2 is 2.30 bits per heavy atom. The summed E-state index contributed by atoms with van der Waals surface area (Å²) in [7, 11) is 1.88. The lowest BCUT2D eigenvalue weighted by Gasteiger charge is -2.53. The van der Waals surface area contributed by atoms with Crippen molar-refractivity contribution in [3.8, 4) is 5.75 Å². The van der Waals surface area contributed by atoms with Crippen molar-refractivity contribution in [1.82, 2.24) is 5.32 Å². The van der Waals surface area contributed by atoms with E-state index in [2.05, 4.69) is 12.2 Å². The third kappa shape index (κ3) is 2.24. The summed E-state index contributed by atoms with van der Waals surface area (Å²) < 4.78 is 19.5. The van der Waals surface area contributed by atoms with Crippen LogP contribution in [0.3, 0.4) is 0 Å². The average Bonchev–Trinajstić information content (AvgIpc) is 2.42. The highest BCUT2D eigenvalue weighted by Crippen LogP contribution is 2.47. The lowest BCUT2D eigenvalue weighted by atomic mass is 9.61. The first kappa shape index (κ1) is 14.7. The number of nitrogens with one attached hydrogen (secondary N) is 1. The topological polar surface area (TPSA) is 64.4 Å². The van der Waals surface area contributed by atoms with Gasteiger partial charge in [-0.25, -0.2) is 4.39 Å². The van der Waals surface area contributed by atoms with Crippen LogP contribution in [-0.2, 0) is 0 Å². The fourth-order valence-electron chi connectivity index (χ4n) is 2.82. The Labute approximate surface area is 117 Å². The van der Waals surface area contributed by atoms with Gasteiger partial charge in [0.05, 0.1) is 4.92 Å². The average molecular weight is 282 g/mol. The molecule has 2 rings (SSSR count). The van der Waals surface area contributed by atoms with Gasteiger partial charge in [0.15, 0.2) is 5.82 Å². The zero-order valence-corrected chi connectivity index (χ0v) is 11.9. The Kier molecular flexibility index (Phi) is 3.94. The summed E-state index contributed by atoms with van der Waals surface area (Å²) >= 11 is 0. The van der Waals surface area contributed by atoms with Crippen molar-refractivity contribution in [3.05, 3.63) is 34.1 Å². The van der Waals surface area contributed by atoms with Crippen molar-refractivity contribution in [2.24, 2.45) is 5.41 Å². The standard InChI is InChI=1S/C14H19FN2O3/c1-4-14(2)11(16-3)8-12(14)20-13-9(15)6-5-7-10(13)17(18)19/h5-7,11-12,16H,4,8H2,1-3H3. The zero-order chi connectivity index (χ0) is 14.9. The zero-order valence-electron chi connectivity index (χ0n) is 11.9. The van der Waals surface area contributed by atoms with Crippen molar-refractivity contribution in [1.29, 1.82) is 0 Å². The third-order valence-corrected chi connectivity index (χ3v) is 4.49. The van der Waals surface area contributed by atoms with Crippen LogP contribution in [0.2, 0.25) is 0 Å². The van der Waals surface area contributed by atoms with Gasteiger partial charge in [0.1, 0.15) is 6.10 Å². The van der Waals surface area contributed by atoms with Crippen LogP contribution in [0.4, 0.5) is 10.1 Å². The Morgan fingerprint density at radius 3 is 2.85 bits per heavy atom. The molecule has 6 heteroatoms. The number of hydrogen-bond acceptors (Lipinski definition) is 4. The summed E-state index contributed by atoms with van der Waals surface area (Å²) in [5.41, 5.74) is -0.471. The quantitative estimate of drug-likeness (QED) is 0.666. The van der Waals surface area contributed by atoms with E-state index in [4.69, 9.17) is 4.74 Å². The molecule has 0 radical (unpaired) electrons. The molecule has 0 spiro atoms. The van der Waals surface area contributed by atoms with Gasteiger partial charge in [-0.1, -0.05) is 19.9 Å². The molecule has 1 aliphatic carbocycles. The summed E-state index contributed by atoms with van der Waals surface area (Å²) in [6.07, 6.45) is 1.35. The lowest BCUT2D eigenvalue weighted by Crippen LogP contribution is -2.62. The minimum atomic E-state index is -0.689. The van der Waals surface area contributed by atoms with E-state index in [1.54, 1.807) is 0 Å². The van der Waals surface area contributed by atoms with E-state index in [1.165, 1.54) is 18.2 Å². The van der Waals surface area contributed by atoms with Gasteiger partial charge in [-0.05, 0) is 19.5 Å². The molecular weight excluding hydrogens is 263 g/mol. The van der Waals surface area contributed by atoms with Crippen molar-refractivity contribution in [2.45, 2.75) is 38.8 Å². The van der Waals surface area contributed by atoms with Crippen molar-refractivity contribution in [2.75, 3.05) is 7.05 Å². The highest BCUT2D eigenvalue weighted by Gasteiger charge is 2.52. The highest BCUT2D eigenvalue weighted by molar-refractivity contribution is 5.47. The Balaban J connectivity index is 2.26. The molecule has 1 aromatic carbocycles. The molecule has 0 bridgehead atoms. The molecule has 3 atom stereocenters. The van der Waals surface area contributed by atoms with E-state index >= 15 is 0 Å². The molecule has 1 aromatic rings. The molecule has 5 nitrogen and oxygen atoms in total. The SMILES string of the molecule is CCC1(C)C(NC)CC1Oc1c(F)cccc1[N+](=O)[O-]. The number of benzene rings is 1. The molecular formula is C14H19FN2O3. The van der Waals surface area contributed by atoms with Crippen LogP contribution in [0.15, 0.2) is 18.2 Å². The van der Waals surface area contributed by atoms with Crippen molar-refractivity contribution < 1.29 is 14.1 Å². The van der Waals surface area contributed by atoms with Crippen LogP contribution in [-0.4, -0.2) is 24.1 Å². The minimum absolute atomic E-state index is 0.148. The van der Waals surface area contributed by atoms with Gasteiger partial charge < -0.3 is 10.1 Å². The first-order chi connectivity index (χ1) is 9.43. The molecule has 0 saturated heterocycles. The summed E-state index contributed by atoms with van der Waals surface area (Å²) in [5, 5.41) is 14.2. The number of para-hydroxylation sites is 1. The smallest absolute Gasteiger partial charge is 0.314 e. The minimum Gasteiger partial charge on any atom is -0.481 e. The van der Waals surface area contributed by atoms with E-state index in [-0.39, 0.29) is 29.0 Å². The van der Waals surface area contributed by atoms with Gasteiger partial charge in [0.2, 0.25) is 5.75 Å². The Hall–Kier alpha value is -1.69. The molecule has 0 heterocycles.